The van der Waals surface area contributed by atoms with Gasteiger partial charge in [-0.05, 0) is 69.5 Å². The molecule has 8 rings (SSSR count). The van der Waals surface area contributed by atoms with Crippen LogP contribution in [0.5, 0.6) is 0 Å². The molecule has 1 aliphatic carbocycles. The second-order valence-corrected chi connectivity index (χ2v) is 11.8. The van der Waals surface area contributed by atoms with Gasteiger partial charge < -0.3 is 8.98 Å². The maximum Gasteiger partial charge on any atom is 0.136 e. The summed E-state index contributed by atoms with van der Waals surface area (Å²) in [6, 6.07) is 37.5. The largest absolute Gasteiger partial charge is 0.456 e. The molecule has 5 aromatic carbocycles. The molecule has 2 heteroatoms. The Kier molecular flexibility index (Phi) is 4.10. The monoisotopic (exact) mass is 491 g/mol. The molecule has 7 aromatic rings. The molecular weight excluding hydrogens is 462 g/mol. The lowest BCUT2D eigenvalue weighted by Gasteiger charge is -2.48. The fraction of sp³-hybridized carbons (Fsp3) is 0.167. The summed E-state index contributed by atoms with van der Waals surface area (Å²) >= 11 is 0. The van der Waals surface area contributed by atoms with Crippen molar-refractivity contribution in [2.45, 2.75) is 38.5 Å². The average Bonchev–Trinajstić information content (AvgIpc) is 3.47. The zero-order chi connectivity index (χ0) is 25.8. The third-order valence-electron chi connectivity index (χ3n) is 9.56. The number of fused-ring (bicyclic) bond motifs is 10. The van der Waals surface area contributed by atoms with Crippen LogP contribution in [0.1, 0.15) is 38.8 Å². The van der Waals surface area contributed by atoms with Crippen molar-refractivity contribution >= 4 is 43.7 Å². The van der Waals surface area contributed by atoms with Crippen molar-refractivity contribution in [2.24, 2.45) is 0 Å². The molecule has 0 N–H and O–H groups in total. The fourth-order valence-electron chi connectivity index (χ4n) is 6.92. The summed E-state index contributed by atoms with van der Waals surface area (Å²) in [6.07, 6.45) is 0. The molecule has 2 aromatic heterocycles. The van der Waals surface area contributed by atoms with Crippen LogP contribution in [0.25, 0.3) is 60.6 Å². The Hall–Kier alpha value is -4.30. The molecule has 2 nitrogen and oxygen atoms in total. The Bertz CT molecular complexity index is 2030. The fourth-order valence-corrected chi connectivity index (χ4v) is 6.92. The molecular formula is C36H29NO. The molecule has 2 heterocycles. The number of rotatable bonds is 1. The van der Waals surface area contributed by atoms with E-state index in [4.69, 9.17) is 4.42 Å². The van der Waals surface area contributed by atoms with E-state index in [9.17, 15) is 0 Å². The third kappa shape index (κ3) is 2.58. The van der Waals surface area contributed by atoms with Crippen LogP contribution in [0.15, 0.2) is 108 Å². The number of furan rings is 1. The normalized spacial score (nSPS) is 15.8. The van der Waals surface area contributed by atoms with Gasteiger partial charge in [0.05, 0.1) is 11.0 Å². The summed E-state index contributed by atoms with van der Waals surface area (Å²) in [7, 11) is 0. The van der Waals surface area contributed by atoms with Gasteiger partial charge in [-0.25, -0.2) is 0 Å². The zero-order valence-electron chi connectivity index (χ0n) is 22.2. The van der Waals surface area contributed by atoms with Crippen molar-refractivity contribution in [1.82, 2.24) is 4.57 Å². The van der Waals surface area contributed by atoms with E-state index in [-0.39, 0.29) is 10.8 Å². The van der Waals surface area contributed by atoms with Crippen molar-refractivity contribution < 1.29 is 4.42 Å². The SMILES string of the molecule is CC1(C)c2ccccc2-c2c(ccc3oc4ccc(-n5c6ccccc6c6ccccc65)cc4c23)C1(C)C. The van der Waals surface area contributed by atoms with Crippen LogP contribution in [0.2, 0.25) is 0 Å². The van der Waals surface area contributed by atoms with Crippen molar-refractivity contribution in [3.63, 3.8) is 0 Å². The Morgan fingerprint density at radius 1 is 0.553 bits per heavy atom. The van der Waals surface area contributed by atoms with E-state index in [2.05, 4.69) is 135 Å². The van der Waals surface area contributed by atoms with Crippen LogP contribution < -0.4 is 0 Å². The van der Waals surface area contributed by atoms with Gasteiger partial charge in [0.25, 0.3) is 0 Å². The average molecular weight is 492 g/mol. The second-order valence-electron chi connectivity index (χ2n) is 11.8. The molecule has 1 aliphatic rings. The Balaban J connectivity index is 1.50. The number of aromatic nitrogens is 1. The smallest absolute Gasteiger partial charge is 0.136 e. The first kappa shape index (κ1) is 21.8. The molecule has 184 valence electrons. The van der Waals surface area contributed by atoms with Crippen LogP contribution in [-0.4, -0.2) is 4.57 Å². The van der Waals surface area contributed by atoms with Crippen LogP contribution in [0.3, 0.4) is 0 Å². The molecule has 0 atom stereocenters. The van der Waals surface area contributed by atoms with E-state index in [1.54, 1.807) is 0 Å². The van der Waals surface area contributed by atoms with Gasteiger partial charge in [0.2, 0.25) is 0 Å². The van der Waals surface area contributed by atoms with E-state index in [0.717, 1.165) is 16.9 Å². The van der Waals surface area contributed by atoms with Gasteiger partial charge in [-0.15, -0.1) is 0 Å². The van der Waals surface area contributed by atoms with E-state index in [0.29, 0.717) is 0 Å². The number of nitrogens with zero attached hydrogens (tertiary/aromatic N) is 1. The van der Waals surface area contributed by atoms with Gasteiger partial charge in [0.1, 0.15) is 11.2 Å². The second kappa shape index (κ2) is 7.17. The molecule has 0 bridgehead atoms. The van der Waals surface area contributed by atoms with Gasteiger partial charge in [0.15, 0.2) is 0 Å². The summed E-state index contributed by atoms with van der Waals surface area (Å²) in [5.41, 5.74) is 10.9. The number of hydrogen-bond acceptors (Lipinski definition) is 1. The highest BCUT2D eigenvalue weighted by Crippen LogP contribution is 2.56. The Morgan fingerprint density at radius 3 is 1.89 bits per heavy atom. The molecule has 0 saturated carbocycles. The first-order valence-corrected chi connectivity index (χ1v) is 13.5. The molecule has 38 heavy (non-hydrogen) atoms. The lowest BCUT2D eigenvalue weighted by Crippen LogP contribution is -2.43. The number of benzene rings is 5. The summed E-state index contributed by atoms with van der Waals surface area (Å²) < 4.78 is 8.88. The topological polar surface area (TPSA) is 18.1 Å². The molecule has 0 aliphatic heterocycles. The standard InChI is InChI=1S/C36H29NO/c1-35(2)27-14-8-5-13-25(27)33-28(36(35,3)4)18-20-32-34(33)26-21-22(17-19-31(26)38-32)37-29-15-9-6-11-23(29)24-12-7-10-16-30(24)37/h5-21H,1-4H3. The minimum absolute atomic E-state index is 0.00204. The lowest BCUT2D eigenvalue weighted by atomic mass is 9.55. The van der Waals surface area contributed by atoms with E-state index >= 15 is 0 Å². The molecule has 0 fully saturated rings. The molecule has 0 saturated heterocycles. The van der Waals surface area contributed by atoms with Gasteiger partial charge in [0, 0.05) is 27.2 Å². The van der Waals surface area contributed by atoms with E-state index < -0.39 is 0 Å². The minimum Gasteiger partial charge on any atom is -0.456 e. The van der Waals surface area contributed by atoms with Crippen molar-refractivity contribution in [3.05, 3.63) is 114 Å². The van der Waals surface area contributed by atoms with E-state index in [1.807, 2.05) is 0 Å². The molecule has 0 radical (unpaired) electrons. The van der Waals surface area contributed by atoms with Gasteiger partial charge in [-0.2, -0.15) is 0 Å². The predicted molar refractivity (Wildman–Crippen MR) is 160 cm³/mol. The van der Waals surface area contributed by atoms with Crippen LogP contribution in [0.4, 0.5) is 0 Å². The quantitative estimate of drug-likeness (QED) is 0.223. The molecule has 0 unspecified atom stereocenters. The summed E-state index contributed by atoms with van der Waals surface area (Å²) in [5.74, 6) is 0. The molecule has 0 spiro atoms. The third-order valence-corrected chi connectivity index (χ3v) is 9.56. The van der Waals surface area contributed by atoms with Crippen LogP contribution in [0, 0.1) is 0 Å². The summed E-state index contributed by atoms with van der Waals surface area (Å²) in [6.45, 7) is 9.54. The first-order chi connectivity index (χ1) is 18.4. The van der Waals surface area contributed by atoms with Crippen LogP contribution in [-0.2, 0) is 10.8 Å². The number of para-hydroxylation sites is 2. The summed E-state index contributed by atoms with van der Waals surface area (Å²) in [4.78, 5) is 0. The van der Waals surface area contributed by atoms with Crippen molar-refractivity contribution in [2.75, 3.05) is 0 Å². The minimum atomic E-state index is -0.0427. The first-order valence-electron chi connectivity index (χ1n) is 13.5. The molecule has 0 amide bonds. The predicted octanol–water partition coefficient (Wildman–Crippen LogP) is 9.92. The maximum atomic E-state index is 6.49. The van der Waals surface area contributed by atoms with Crippen molar-refractivity contribution in [1.29, 1.82) is 0 Å². The highest BCUT2D eigenvalue weighted by molar-refractivity contribution is 6.15. The highest BCUT2D eigenvalue weighted by atomic mass is 16.3. The Morgan fingerprint density at radius 2 is 1.16 bits per heavy atom. The van der Waals surface area contributed by atoms with Crippen LogP contribution >= 0.6 is 0 Å². The van der Waals surface area contributed by atoms with Gasteiger partial charge in [-0.3, -0.25) is 0 Å². The van der Waals surface area contributed by atoms with Gasteiger partial charge >= 0.3 is 0 Å². The van der Waals surface area contributed by atoms with E-state index in [1.165, 1.54) is 54.8 Å². The zero-order valence-corrected chi connectivity index (χ0v) is 22.2. The highest BCUT2D eigenvalue weighted by Gasteiger charge is 2.46. The Labute approximate surface area is 222 Å². The summed E-state index contributed by atoms with van der Waals surface area (Å²) in [5, 5.41) is 4.93. The number of hydrogen-bond donors (Lipinski definition) is 0. The van der Waals surface area contributed by atoms with Crippen molar-refractivity contribution in [3.8, 4) is 16.8 Å². The lowest BCUT2D eigenvalue weighted by molar-refractivity contribution is 0.299. The maximum absolute atomic E-state index is 6.49. The van der Waals surface area contributed by atoms with Gasteiger partial charge in [-0.1, -0.05) is 94.4 Å².